The fraction of sp³-hybridized carbons (Fsp3) is 0.257. The van der Waals surface area contributed by atoms with Crippen LogP contribution in [0.4, 0.5) is 5.69 Å². The number of nitrogens with zero attached hydrogens (tertiary/aromatic N) is 2. The van der Waals surface area contributed by atoms with Crippen molar-refractivity contribution in [2.45, 2.75) is 44.7 Å². The number of amides is 2. The Morgan fingerprint density at radius 2 is 1.49 bits per heavy atom. The van der Waals surface area contributed by atoms with Crippen molar-refractivity contribution in [3.8, 4) is 5.75 Å². The van der Waals surface area contributed by atoms with Crippen LogP contribution in [0.3, 0.4) is 0 Å². The second kappa shape index (κ2) is 15.7. The lowest BCUT2D eigenvalue weighted by Gasteiger charge is -2.34. The Bertz CT molecular complexity index is 1660. The number of benzene rings is 4. The van der Waals surface area contributed by atoms with Crippen LogP contribution < -0.4 is 14.4 Å². The van der Waals surface area contributed by atoms with Gasteiger partial charge in [-0.25, -0.2) is 8.42 Å². The van der Waals surface area contributed by atoms with Crippen LogP contribution in [-0.4, -0.2) is 50.9 Å². The first-order valence-electron chi connectivity index (χ1n) is 14.8. The topological polar surface area (TPSA) is 96.0 Å². The van der Waals surface area contributed by atoms with Crippen molar-refractivity contribution in [1.82, 2.24) is 10.2 Å². The number of carbonyl (C=O) groups is 2. The maximum atomic E-state index is 14.4. The first-order chi connectivity index (χ1) is 21.6. The van der Waals surface area contributed by atoms with Crippen LogP contribution in [0, 0.1) is 6.92 Å². The van der Waals surface area contributed by atoms with Gasteiger partial charge in [-0.3, -0.25) is 13.9 Å². The molecule has 1 atom stereocenters. The zero-order valence-electron chi connectivity index (χ0n) is 25.6. The summed E-state index contributed by atoms with van der Waals surface area (Å²) in [6.07, 6.45) is 0.253. The molecule has 0 fully saturated rings. The maximum absolute atomic E-state index is 14.4. The number of hydrogen-bond donors (Lipinski definition) is 1. The average molecular weight is 693 g/mol. The minimum atomic E-state index is -4.18. The van der Waals surface area contributed by atoms with Crippen LogP contribution in [0.15, 0.2) is 112 Å². The van der Waals surface area contributed by atoms with Crippen LogP contribution in [0.1, 0.15) is 30.5 Å². The molecule has 10 heteroatoms. The molecule has 0 heterocycles. The predicted octanol–water partition coefficient (Wildman–Crippen LogP) is 6.13. The van der Waals surface area contributed by atoms with Crippen LogP contribution >= 0.6 is 15.9 Å². The van der Waals surface area contributed by atoms with Crippen molar-refractivity contribution in [1.29, 1.82) is 0 Å². The lowest BCUT2D eigenvalue weighted by molar-refractivity contribution is -0.140. The van der Waals surface area contributed by atoms with Gasteiger partial charge >= 0.3 is 0 Å². The van der Waals surface area contributed by atoms with E-state index in [2.05, 4.69) is 21.2 Å². The summed E-state index contributed by atoms with van der Waals surface area (Å²) in [5.41, 5.74) is 2.87. The van der Waals surface area contributed by atoms with E-state index in [-0.39, 0.29) is 23.8 Å². The third kappa shape index (κ3) is 8.95. The molecule has 0 saturated carbocycles. The van der Waals surface area contributed by atoms with E-state index in [0.29, 0.717) is 24.6 Å². The van der Waals surface area contributed by atoms with Gasteiger partial charge in [-0.05, 0) is 80.4 Å². The molecule has 4 aromatic rings. The Morgan fingerprint density at radius 1 is 0.844 bits per heavy atom. The van der Waals surface area contributed by atoms with Gasteiger partial charge in [-0.15, -0.1) is 0 Å². The van der Waals surface area contributed by atoms with Crippen molar-refractivity contribution in [3.63, 3.8) is 0 Å². The van der Waals surface area contributed by atoms with Crippen molar-refractivity contribution in [3.05, 3.63) is 124 Å². The summed E-state index contributed by atoms with van der Waals surface area (Å²) in [7, 11) is -4.18. The number of hydrogen-bond acceptors (Lipinski definition) is 5. The maximum Gasteiger partial charge on any atom is 0.264 e. The highest BCUT2D eigenvalue weighted by Gasteiger charge is 2.34. The van der Waals surface area contributed by atoms with Gasteiger partial charge in [0.05, 0.1) is 17.2 Å². The lowest BCUT2D eigenvalue weighted by Crippen LogP contribution is -2.53. The van der Waals surface area contributed by atoms with Crippen LogP contribution in [0.5, 0.6) is 5.75 Å². The molecule has 0 radical (unpaired) electrons. The molecule has 4 rings (SSSR count). The molecule has 45 heavy (non-hydrogen) atoms. The molecular formula is C35H38BrN3O5S. The van der Waals surface area contributed by atoms with Gasteiger partial charge in [0.1, 0.15) is 18.3 Å². The van der Waals surface area contributed by atoms with E-state index in [0.717, 1.165) is 25.5 Å². The number of ether oxygens (including phenoxy) is 1. The Morgan fingerprint density at radius 3 is 2.09 bits per heavy atom. The molecular weight excluding hydrogens is 654 g/mol. The van der Waals surface area contributed by atoms with E-state index in [1.807, 2.05) is 75.4 Å². The van der Waals surface area contributed by atoms with Crippen molar-refractivity contribution in [2.75, 3.05) is 24.0 Å². The van der Waals surface area contributed by atoms with Crippen LogP contribution in [0.25, 0.3) is 0 Å². The molecule has 0 aromatic heterocycles. The van der Waals surface area contributed by atoms with Crippen molar-refractivity contribution >= 4 is 43.5 Å². The number of anilines is 1. The number of rotatable bonds is 14. The average Bonchev–Trinajstić information content (AvgIpc) is 3.03. The van der Waals surface area contributed by atoms with Crippen LogP contribution in [0.2, 0.25) is 0 Å². The fourth-order valence-corrected chi connectivity index (χ4v) is 6.55. The molecule has 0 aliphatic heterocycles. The highest BCUT2D eigenvalue weighted by Crippen LogP contribution is 2.27. The second-order valence-corrected chi connectivity index (χ2v) is 13.3. The normalized spacial score (nSPS) is 11.8. The van der Waals surface area contributed by atoms with Crippen molar-refractivity contribution in [2.24, 2.45) is 0 Å². The molecule has 0 unspecified atom stereocenters. The zero-order chi connectivity index (χ0) is 32.4. The molecule has 8 nitrogen and oxygen atoms in total. The monoisotopic (exact) mass is 691 g/mol. The van der Waals surface area contributed by atoms with Gasteiger partial charge in [-0.1, -0.05) is 76.1 Å². The molecule has 0 saturated heterocycles. The highest BCUT2D eigenvalue weighted by atomic mass is 79.9. The summed E-state index contributed by atoms with van der Waals surface area (Å²) in [6, 6.07) is 29.1. The molecule has 2 amide bonds. The minimum Gasteiger partial charge on any atom is -0.494 e. The zero-order valence-corrected chi connectivity index (χ0v) is 28.1. The Hall–Kier alpha value is -4.15. The quantitative estimate of drug-likeness (QED) is 0.172. The van der Waals surface area contributed by atoms with Gasteiger partial charge in [0.2, 0.25) is 11.8 Å². The molecule has 0 spiro atoms. The van der Waals surface area contributed by atoms with E-state index in [1.165, 1.54) is 17.0 Å². The Kier molecular flexibility index (Phi) is 11.8. The van der Waals surface area contributed by atoms with Crippen LogP contribution in [-0.2, 0) is 32.6 Å². The molecule has 236 valence electrons. The van der Waals surface area contributed by atoms with E-state index < -0.39 is 28.5 Å². The van der Waals surface area contributed by atoms with Gasteiger partial charge in [0.25, 0.3) is 10.0 Å². The summed E-state index contributed by atoms with van der Waals surface area (Å²) in [5, 5.41) is 2.87. The molecule has 0 aliphatic carbocycles. The summed E-state index contributed by atoms with van der Waals surface area (Å²) < 4.78 is 35.8. The summed E-state index contributed by atoms with van der Waals surface area (Å²) in [6.45, 7) is 5.97. The summed E-state index contributed by atoms with van der Waals surface area (Å²) in [4.78, 5) is 29.6. The molecule has 0 bridgehead atoms. The second-order valence-electron chi connectivity index (χ2n) is 10.5. The largest absolute Gasteiger partial charge is 0.494 e. The number of sulfonamides is 1. The highest BCUT2D eigenvalue weighted by molar-refractivity contribution is 9.10. The summed E-state index contributed by atoms with van der Waals surface area (Å²) >= 11 is 3.45. The SMILES string of the molecule is CCNC(=O)[C@@H](Cc1ccccc1)N(Cc1ccc(Br)cc1)C(=O)CN(c1ccc(OCC)cc1)S(=O)(=O)c1ccc(C)cc1. The lowest BCUT2D eigenvalue weighted by atomic mass is 10.0. The first kappa shape index (κ1) is 33.7. The van der Waals surface area contributed by atoms with E-state index in [4.69, 9.17) is 4.74 Å². The van der Waals surface area contributed by atoms with E-state index >= 15 is 0 Å². The van der Waals surface area contributed by atoms with E-state index in [9.17, 15) is 18.0 Å². The molecule has 4 aromatic carbocycles. The number of aryl methyl sites for hydroxylation is 1. The number of carbonyl (C=O) groups excluding carboxylic acids is 2. The number of halogens is 1. The van der Waals surface area contributed by atoms with E-state index in [1.54, 1.807) is 36.4 Å². The number of nitrogens with one attached hydrogen (secondary N) is 1. The minimum absolute atomic E-state index is 0.0544. The molecule has 0 aliphatic rings. The predicted molar refractivity (Wildman–Crippen MR) is 181 cm³/mol. The van der Waals surface area contributed by atoms with Gasteiger partial charge < -0.3 is 15.0 Å². The van der Waals surface area contributed by atoms with Gasteiger partial charge in [0.15, 0.2) is 0 Å². The van der Waals surface area contributed by atoms with Crippen molar-refractivity contribution < 1.29 is 22.7 Å². The third-order valence-corrected chi connectivity index (χ3v) is 9.53. The Balaban J connectivity index is 1.79. The third-order valence-electron chi connectivity index (χ3n) is 7.21. The first-order valence-corrected chi connectivity index (χ1v) is 17.0. The van der Waals surface area contributed by atoms with Gasteiger partial charge in [-0.2, -0.15) is 0 Å². The standard InChI is InChI=1S/C35H38BrN3O5S/c1-4-37-35(41)33(23-27-9-7-6-8-10-27)38(24-28-13-15-29(36)16-14-28)34(40)25-39(30-17-19-31(20-18-30)44-5-2)45(42,43)32-21-11-26(3)12-22-32/h6-22,33H,4-5,23-25H2,1-3H3,(H,37,41)/t33-/m1/s1. The van der Waals surface area contributed by atoms with Gasteiger partial charge in [0, 0.05) is 24.0 Å². The fourth-order valence-electron chi connectivity index (χ4n) is 4.87. The smallest absolute Gasteiger partial charge is 0.264 e. The summed E-state index contributed by atoms with van der Waals surface area (Å²) in [5.74, 6) is -0.258. The Labute approximate surface area is 274 Å². The number of likely N-dealkylation sites (N-methyl/N-ethyl adjacent to an activating group) is 1. The molecule has 1 N–H and O–H groups in total.